The van der Waals surface area contributed by atoms with Crippen LogP contribution in [0.2, 0.25) is 0 Å². The molecule has 0 radical (unpaired) electrons. The van der Waals surface area contributed by atoms with Gasteiger partial charge in [-0.1, -0.05) is 60.7 Å². The van der Waals surface area contributed by atoms with E-state index in [1.165, 1.54) is 0 Å². The van der Waals surface area contributed by atoms with Crippen LogP contribution in [0.5, 0.6) is 0 Å². The molecule has 0 aliphatic rings. The normalized spacial score (nSPS) is 10.9. The zero-order valence-corrected chi connectivity index (χ0v) is 15.6. The summed E-state index contributed by atoms with van der Waals surface area (Å²) in [5, 5.41) is 19.3. The van der Waals surface area contributed by atoms with Crippen LogP contribution in [-0.2, 0) is 17.8 Å². The van der Waals surface area contributed by atoms with Gasteiger partial charge in [-0.3, -0.25) is 9.59 Å². The molecule has 0 fully saturated rings. The van der Waals surface area contributed by atoms with Crippen LogP contribution >= 0.6 is 0 Å². The van der Waals surface area contributed by atoms with Gasteiger partial charge in [-0.2, -0.15) is 0 Å². The molecule has 0 atom stereocenters. The SMILES string of the molecule is O=C(O)Cc1c(C(=O)c2ccc(-c3cccc(CO)c3)cc2)[nH]c2ccccc12. The number of hydrogen-bond acceptors (Lipinski definition) is 3. The Morgan fingerprint density at radius 1 is 0.862 bits per heavy atom. The number of aromatic nitrogens is 1. The summed E-state index contributed by atoms with van der Waals surface area (Å²) in [7, 11) is 0. The monoisotopic (exact) mass is 385 g/mol. The standard InChI is InChI=1S/C24H19NO4/c26-14-15-4-3-5-18(12-15)16-8-10-17(11-9-16)24(29)23-20(13-22(27)28)19-6-1-2-7-21(19)25-23/h1-12,25-26H,13-14H2,(H,27,28). The summed E-state index contributed by atoms with van der Waals surface area (Å²) in [6, 6.07) is 22.1. The Bertz CT molecular complexity index is 1210. The number of aromatic amines is 1. The Balaban J connectivity index is 1.70. The molecule has 1 aromatic heterocycles. The number of nitrogens with one attached hydrogen (secondary N) is 1. The first-order valence-electron chi connectivity index (χ1n) is 9.23. The van der Waals surface area contributed by atoms with Gasteiger partial charge in [0, 0.05) is 22.0 Å². The van der Waals surface area contributed by atoms with Crippen molar-refractivity contribution in [2.24, 2.45) is 0 Å². The number of hydrogen-bond donors (Lipinski definition) is 3. The van der Waals surface area contributed by atoms with Crippen molar-refractivity contribution < 1.29 is 19.8 Å². The smallest absolute Gasteiger partial charge is 0.307 e. The molecule has 0 saturated carbocycles. The van der Waals surface area contributed by atoms with E-state index >= 15 is 0 Å². The molecule has 5 heteroatoms. The molecule has 0 bridgehead atoms. The molecule has 0 unspecified atom stereocenters. The molecule has 29 heavy (non-hydrogen) atoms. The van der Waals surface area contributed by atoms with Crippen LogP contribution in [0.4, 0.5) is 0 Å². The molecule has 0 amide bonds. The number of ketones is 1. The van der Waals surface area contributed by atoms with Crippen molar-refractivity contribution in [2.75, 3.05) is 0 Å². The highest BCUT2D eigenvalue weighted by Gasteiger charge is 2.20. The topological polar surface area (TPSA) is 90.4 Å². The summed E-state index contributed by atoms with van der Waals surface area (Å²) < 4.78 is 0. The number of carboxylic acid groups (broad SMARTS) is 1. The lowest BCUT2D eigenvalue weighted by Crippen LogP contribution is -2.08. The van der Waals surface area contributed by atoms with E-state index in [1.807, 2.05) is 60.7 Å². The van der Waals surface area contributed by atoms with Crippen LogP contribution < -0.4 is 0 Å². The summed E-state index contributed by atoms with van der Waals surface area (Å²) in [5.74, 6) is -1.23. The number of aliphatic carboxylic acids is 1. The van der Waals surface area contributed by atoms with Gasteiger partial charge in [-0.15, -0.1) is 0 Å². The maximum absolute atomic E-state index is 13.1. The van der Waals surface area contributed by atoms with Gasteiger partial charge in [0.1, 0.15) is 0 Å². The third kappa shape index (κ3) is 3.68. The van der Waals surface area contributed by atoms with Gasteiger partial charge in [0.15, 0.2) is 0 Å². The van der Waals surface area contributed by atoms with Crippen LogP contribution in [0, 0.1) is 0 Å². The van der Waals surface area contributed by atoms with E-state index in [2.05, 4.69) is 4.98 Å². The summed E-state index contributed by atoms with van der Waals surface area (Å²) in [6.45, 7) is -0.0306. The molecular formula is C24H19NO4. The average Bonchev–Trinajstić information content (AvgIpc) is 3.11. The Hall–Kier alpha value is -3.70. The number of aliphatic hydroxyl groups is 1. The van der Waals surface area contributed by atoms with Gasteiger partial charge in [0.2, 0.25) is 5.78 Å². The van der Waals surface area contributed by atoms with Crippen LogP contribution in [0.15, 0.2) is 72.8 Å². The minimum absolute atomic E-state index is 0.0306. The van der Waals surface area contributed by atoms with E-state index in [0.29, 0.717) is 16.8 Å². The molecule has 4 rings (SSSR count). The molecule has 0 spiro atoms. The van der Waals surface area contributed by atoms with Gasteiger partial charge >= 0.3 is 5.97 Å². The van der Waals surface area contributed by atoms with Crippen molar-refractivity contribution in [2.45, 2.75) is 13.0 Å². The van der Waals surface area contributed by atoms with Gasteiger partial charge in [-0.05, 0) is 28.8 Å². The number of benzene rings is 3. The summed E-state index contributed by atoms with van der Waals surface area (Å²) >= 11 is 0. The Labute approximate surface area is 167 Å². The lowest BCUT2D eigenvalue weighted by Gasteiger charge is -2.06. The fraction of sp³-hybridized carbons (Fsp3) is 0.0833. The van der Waals surface area contributed by atoms with Crippen LogP contribution in [-0.4, -0.2) is 26.9 Å². The van der Waals surface area contributed by atoms with Crippen LogP contribution in [0.25, 0.3) is 22.0 Å². The number of H-pyrrole nitrogens is 1. The minimum Gasteiger partial charge on any atom is -0.481 e. The second-order valence-electron chi connectivity index (χ2n) is 6.86. The molecule has 144 valence electrons. The molecule has 0 aliphatic carbocycles. The van der Waals surface area contributed by atoms with Gasteiger partial charge in [-0.25, -0.2) is 0 Å². The number of para-hydroxylation sites is 1. The lowest BCUT2D eigenvalue weighted by atomic mass is 9.98. The largest absolute Gasteiger partial charge is 0.481 e. The number of carboxylic acids is 1. The summed E-state index contributed by atoms with van der Waals surface area (Å²) in [4.78, 5) is 27.5. The number of carbonyl (C=O) groups excluding carboxylic acids is 1. The predicted octanol–water partition coefficient (Wildman–Crippen LogP) is 4.19. The Morgan fingerprint density at radius 2 is 1.62 bits per heavy atom. The van der Waals surface area contributed by atoms with E-state index in [4.69, 9.17) is 0 Å². The predicted molar refractivity (Wildman–Crippen MR) is 111 cm³/mol. The van der Waals surface area contributed by atoms with E-state index in [9.17, 15) is 19.8 Å². The van der Waals surface area contributed by atoms with Crippen molar-refractivity contribution in [3.8, 4) is 11.1 Å². The fourth-order valence-electron chi connectivity index (χ4n) is 3.54. The van der Waals surface area contributed by atoms with Crippen LogP contribution in [0.3, 0.4) is 0 Å². The van der Waals surface area contributed by atoms with Crippen molar-refractivity contribution in [1.82, 2.24) is 4.98 Å². The van der Waals surface area contributed by atoms with Gasteiger partial charge in [0.25, 0.3) is 0 Å². The Kier molecular flexibility index (Phi) is 4.97. The maximum Gasteiger partial charge on any atom is 0.307 e. The molecule has 0 aliphatic heterocycles. The first-order chi connectivity index (χ1) is 14.1. The van der Waals surface area contributed by atoms with E-state index in [1.54, 1.807) is 12.1 Å². The lowest BCUT2D eigenvalue weighted by molar-refractivity contribution is -0.136. The number of aliphatic hydroxyl groups excluding tert-OH is 1. The first-order valence-corrected chi connectivity index (χ1v) is 9.23. The Morgan fingerprint density at radius 3 is 2.34 bits per heavy atom. The van der Waals surface area contributed by atoms with Crippen molar-refractivity contribution in [3.63, 3.8) is 0 Å². The maximum atomic E-state index is 13.1. The molecule has 4 aromatic rings. The molecular weight excluding hydrogens is 366 g/mol. The minimum atomic E-state index is -0.983. The second kappa shape index (κ2) is 7.73. The number of fused-ring (bicyclic) bond motifs is 1. The molecule has 3 aromatic carbocycles. The first kappa shape index (κ1) is 18.7. The highest BCUT2D eigenvalue weighted by atomic mass is 16.4. The molecule has 0 saturated heterocycles. The fourth-order valence-corrected chi connectivity index (χ4v) is 3.54. The molecule has 3 N–H and O–H groups in total. The molecule has 5 nitrogen and oxygen atoms in total. The highest BCUT2D eigenvalue weighted by Crippen LogP contribution is 2.26. The van der Waals surface area contributed by atoms with Crippen molar-refractivity contribution in [3.05, 3.63) is 95.2 Å². The van der Waals surface area contributed by atoms with Crippen LogP contribution in [0.1, 0.15) is 27.2 Å². The average molecular weight is 385 g/mol. The zero-order chi connectivity index (χ0) is 20.4. The van der Waals surface area contributed by atoms with Gasteiger partial charge in [0.05, 0.1) is 18.7 Å². The summed E-state index contributed by atoms with van der Waals surface area (Å²) in [5.41, 5.74) is 4.72. The van der Waals surface area contributed by atoms with E-state index < -0.39 is 5.97 Å². The van der Waals surface area contributed by atoms with Crippen molar-refractivity contribution >= 4 is 22.7 Å². The van der Waals surface area contributed by atoms with Crippen molar-refractivity contribution in [1.29, 1.82) is 0 Å². The molecule has 1 heterocycles. The number of carbonyl (C=O) groups is 2. The van der Waals surface area contributed by atoms with E-state index in [0.717, 1.165) is 27.6 Å². The second-order valence-corrected chi connectivity index (χ2v) is 6.86. The third-order valence-electron chi connectivity index (χ3n) is 4.96. The third-order valence-corrected chi connectivity index (χ3v) is 4.96. The van der Waals surface area contributed by atoms with Gasteiger partial charge < -0.3 is 15.2 Å². The quantitative estimate of drug-likeness (QED) is 0.434. The number of rotatable bonds is 6. The van der Waals surface area contributed by atoms with E-state index in [-0.39, 0.29) is 18.8 Å². The zero-order valence-electron chi connectivity index (χ0n) is 15.6. The highest BCUT2D eigenvalue weighted by molar-refractivity contribution is 6.12. The summed E-state index contributed by atoms with van der Waals surface area (Å²) in [6.07, 6.45) is -0.225.